The van der Waals surface area contributed by atoms with Crippen molar-refractivity contribution in [2.24, 2.45) is 0 Å². The molecule has 0 saturated heterocycles. The largest absolute Gasteiger partial charge is 0.501 e. The Bertz CT molecular complexity index is 1110. The number of H-pyrrole nitrogens is 1. The van der Waals surface area contributed by atoms with Crippen molar-refractivity contribution in [3.05, 3.63) is 62.9 Å². The first-order chi connectivity index (χ1) is 13.4. The molecule has 2 heterocycles. The summed E-state index contributed by atoms with van der Waals surface area (Å²) in [6.45, 7) is 2.27. The molecule has 0 atom stereocenters. The Hall–Kier alpha value is -3.66. The van der Waals surface area contributed by atoms with Crippen molar-refractivity contribution in [1.29, 1.82) is 0 Å². The van der Waals surface area contributed by atoms with Gasteiger partial charge in [0.1, 0.15) is 0 Å². The average Bonchev–Trinajstić information content (AvgIpc) is 3.11. The number of aromatic nitrogens is 2. The summed E-state index contributed by atoms with van der Waals surface area (Å²) in [5, 5.41) is 25.7. The second-order valence-corrected chi connectivity index (χ2v) is 6.73. The topological polar surface area (TPSA) is 144 Å². The van der Waals surface area contributed by atoms with E-state index in [0.717, 1.165) is 22.5 Å². The van der Waals surface area contributed by atoms with E-state index >= 15 is 0 Å². The summed E-state index contributed by atoms with van der Waals surface area (Å²) in [5.41, 5.74) is 0.621. The molecule has 2 amide bonds. The van der Waals surface area contributed by atoms with Crippen LogP contribution in [0.1, 0.15) is 21.6 Å². The zero-order valence-corrected chi connectivity index (χ0v) is 15.5. The highest BCUT2D eigenvalue weighted by atomic mass is 32.1. The maximum atomic E-state index is 12.2. The SMILES string of the molecule is Cc1ccccc1CNC(=O)Nc1ccsc1-c1nc(C(=O)O)c(O)c(=O)[nH]1. The molecule has 0 radical (unpaired) electrons. The van der Waals surface area contributed by atoms with Crippen LogP contribution in [0.4, 0.5) is 10.5 Å². The number of nitrogens with one attached hydrogen (secondary N) is 3. The van der Waals surface area contributed by atoms with E-state index in [1.165, 1.54) is 0 Å². The van der Waals surface area contributed by atoms with E-state index in [1.54, 1.807) is 11.4 Å². The molecule has 0 fully saturated rings. The minimum Gasteiger partial charge on any atom is -0.501 e. The number of thiophene rings is 1. The quantitative estimate of drug-likeness (QED) is 0.445. The number of urea groups is 1. The number of aromatic carboxylic acids is 1. The van der Waals surface area contributed by atoms with Crippen LogP contribution >= 0.6 is 11.3 Å². The molecule has 28 heavy (non-hydrogen) atoms. The fourth-order valence-corrected chi connectivity index (χ4v) is 3.26. The van der Waals surface area contributed by atoms with Crippen LogP contribution in [0, 0.1) is 6.92 Å². The van der Waals surface area contributed by atoms with Crippen LogP contribution in [0.5, 0.6) is 5.75 Å². The minimum absolute atomic E-state index is 0.0654. The Labute approximate surface area is 162 Å². The first kappa shape index (κ1) is 19.1. The van der Waals surface area contributed by atoms with Gasteiger partial charge in [-0.3, -0.25) is 4.79 Å². The number of carbonyl (C=O) groups excluding carboxylic acids is 1. The summed E-state index contributed by atoms with van der Waals surface area (Å²) in [6, 6.07) is 8.77. The third-order valence-corrected chi connectivity index (χ3v) is 4.85. The number of rotatable bonds is 5. The number of anilines is 1. The van der Waals surface area contributed by atoms with Crippen molar-refractivity contribution >= 4 is 29.0 Å². The van der Waals surface area contributed by atoms with Gasteiger partial charge in [0, 0.05) is 6.54 Å². The molecule has 1 aromatic carbocycles. The molecule has 0 aliphatic heterocycles. The Kier molecular flexibility index (Phi) is 5.41. The number of carboxylic acid groups (broad SMARTS) is 1. The lowest BCUT2D eigenvalue weighted by Crippen LogP contribution is -2.28. The van der Waals surface area contributed by atoms with Gasteiger partial charge in [-0.15, -0.1) is 11.3 Å². The van der Waals surface area contributed by atoms with Gasteiger partial charge in [-0.1, -0.05) is 24.3 Å². The van der Waals surface area contributed by atoms with E-state index in [1.807, 2.05) is 31.2 Å². The van der Waals surface area contributed by atoms with Crippen molar-refractivity contribution in [3.8, 4) is 16.5 Å². The van der Waals surface area contributed by atoms with Crippen molar-refractivity contribution < 1.29 is 19.8 Å². The van der Waals surface area contributed by atoms with Crippen LogP contribution in [-0.4, -0.2) is 32.2 Å². The molecule has 3 aromatic rings. The number of amides is 2. The fourth-order valence-electron chi connectivity index (χ4n) is 2.47. The zero-order chi connectivity index (χ0) is 20.3. The van der Waals surface area contributed by atoms with Gasteiger partial charge in [-0.25, -0.2) is 14.6 Å². The summed E-state index contributed by atoms with van der Waals surface area (Å²) in [6.07, 6.45) is 0. The molecule has 144 valence electrons. The Morgan fingerprint density at radius 1 is 1.25 bits per heavy atom. The molecule has 0 spiro atoms. The maximum Gasteiger partial charge on any atom is 0.358 e. The standard InChI is InChI=1S/C18H16N4O5S/c1-9-4-2-3-5-10(9)8-19-18(27)20-11-6-7-28-14(11)15-21-12(17(25)26)13(23)16(24)22-15/h2-7,23H,8H2,1H3,(H,25,26)(H2,19,20,27)(H,21,22,24). The number of nitrogens with zero attached hydrogens (tertiary/aromatic N) is 1. The number of aromatic hydroxyl groups is 1. The van der Waals surface area contributed by atoms with E-state index in [-0.39, 0.29) is 5.82 Å². The number of carboxylic acids is 1. The fraction of sp³-hybridized carbons (Fsp3) is 0.111. The van der Waals surface area contributed by atoms with E-state index in [0.29, 0.717) is 17.1 Å². The summed E-state index contributed by atoms with van der Waals surface area (Å²) in [4.78, 5) is 41.6. The first-order valence-corrected chi connectivity index (χ1v) is 8.98. The Balaban J connectivity index is 1.79. The lowest BCUT2D eigenvalue weighted by molar-refractivity contribution is 0.0686. The smallest absolute Gasteiger partial charge is 0.358 e. The molecule has 10 heteroatoms. The highest BCUT2D eigenvalue weighted by molar-refractivity contribution is 7.14. The third-order valence-electron chi connectivity index (χ3n) is 3.93. The lowest BCUT2D eigenvalue weighted by atomic mass is 10.1. The number of hydrogen-bond acceptors (Lipinski definition) is 6. The first-order valence-electron chi connectivity index (χ1n) is 8.10. The van der Waals surface area contributed by atoms with Gasteiger partial charge < -0.3 is 25.8 Å². The minimum atomic E-state index is -1.54. The molecule has 3 rings (SSSR count). The predicted octanol–water partition coefficient (Wildman–Crippen LogP) is 2.53. The van der Waals surface area contributed by atoms with Crippen LogP contribution in [0.25, 0.3) is 10.7 Å². The molecular weight excluding hydrogens is 384 g/mol. The van der Waals surface area contributed by atoms with Gasteiger partial charge in [-0.05, 0) is 29.5 Å². The maximum absolute atomic E-state index is 12.2. The van der Waals surface area contributed by atoms with E-state index in [2.05, 4.69) is 20.6 Å². The number of benzene rings is 1. The van der Waals surface area contributed by atoms with Crippen molar-refractivity contribution in [2.45, 2.75) is 13.5 Å². The van der Waals surface area contributed by atoms with E-state index in [4.69, 9.17) is 5.11 Å². The Morgan fingerprint density at radius 3 is 2.71 bits per heavy atom. The normalized spacial score (nSPS) is 10.5. The second-order valence-electron chi connectivity index (χ2n) is 5.81. The van der Waals surface area contributed by atoms with Gasteiger partial charge in [-0.2, -0.15) is 0 Å². The summed E-state index contributed by atoms with van der Waals surface area (Å²) in [5.74, 6) is -2.57. The van der Waals surface area contributed by atoms with Crippen molar-refractivity contribution in [2.75, 3.05) is 5.32 Å². The molecule has 0 unspecified atom stereocenters. The highest BCUT2D eigenvalue weighted by Crippen LogP contribution is 2.31. The van der Waals surface area contributed by atoms with Crippen LogP contribution in [0.15, 0.2) is 40.5 Å². The molecule has 0 aliphatic carbocycles. The molecule has 2 aromatic heterocycles. The van der Waals surface area contributed by atoms with Gasteiger partial charge in [0.05, 0.1) is 10.6 Å². The van der Waals surface area contributed by atoms with Gasteiger partial charge in [0.15, 0.2) is 11.5 Å². The van der Waals surface area contributed by atoms with Crippen molar-refractivity contribution in [1.82, 2.24) is 15.3 Å². The van der Waals surface area contributed by atoms with Crippen LogP contribution in [0.2, 0.25) is 0 Å². The molecule has 9 nitrogen and oxygen atoms in total. The summed E-state index contributed by atoms with van der Waals surface area (Å²) < 4.78 is 0. The monoisotopic (exact) mass is 400 g/mol. The average molecular weight is 400 g/mol. The van der Waals surface area contributed by atoms with Gasteiger partial charge >= 0.3 is 12.0 Å². The summed E-state index contributed by atoms with van der Waals surface area (Å²) in [7, 11) is 0. The third kappa shape index (κ3) is 4.01. The van der Waals surface area contributed by atoms with Gasteiger partial charge in [0.25, 0.3) is 5.56 Å². The highest BCUT2D eigenvalue weighted by Gasteiger charge is 2.20. The van der Waals surface area contributed by atoms with E-state index < -0.39 is 29.0 Å². The zero-order valence-electron chi connectivity index (χ0n) is 14.6. The number of aryl methyl sites for hydroxylation is 1. The van der Waals surface area contributed by atoms with Crippen LogP contribution < -0.4 is 16.2 Å². The van der Waals surface area contributed by atoms with Gasteiger partial charge in [0.2, 0.25) is 5.75 Å². The second kappa shape index (κ2) is 7.92. The van der Waals surface area contributed by atoms with Crippen LogP contribution in [-0.2, 0) is 6.54 Å². The van der Waals surface area contributed by atoms with Crippen molar-refractivity contribution in [3.63, 3.8) is 0 Å². The predicted molar refractivity (Wildman–Crippen MR) is 104 cm³/mol. The number of carbonyl (C=O) groups is 2. The molecule has 0 aliphatic rings. The Morgan fingerprint density at radius 2 is 2.00 bits per heavy atom. The van der Waals surface area contributed by atoms with E-state index in [9.17, 15) is 19.5 Å². The molecule has 5 N–H and O–H groups in total. The van der Waals surface area contributed by atoms with Crippen LogP contribution in [0.3, 0.4) is 0 Å². The number of hydrogen-bond donors (Lipinski definition) is 5. The number of aromatic amines is 1. The lowest BCUT2D eigenvalue weighted by Gasteiger charge is -2.10. The summed E-state index contributed by atoms with van der Waals surface area (Å²) >= 11 is 1.15. The molecule has 0 saturated carbocycles. The molecular formula is C18H16N4O5S. The molecule has 0 bridgehead atoms.